The lowest BCUT2D eigenvalue weighted by molar-refractivity contribution is -0.114. The van der Waals surface area contributed by atoms with Gasteiger partial charge in [-0.25, -0.2) is 18.4 Å². The lowest BCUT2D eigenvalue weighted by atomic mass is 10.0. The van der Waals surface area contributed by atoms with Crippen LogP contribution in [0, 0.1) is 0 Å². The Morgan fingerprint density at radius 2 is 1.21 bits per heavy atom. The smallest absolute Gasteiger partial charge is 0.234 e. The van der Waals surface area contributed by atoms with Crippen LogP contribution >= 0.6 is 70.1 Å². The number of sulfone groups is 1. The number of benzene rings is 2. The molecule has 2 N–H and O–H groups in total. The van der Waals surface area contributed by atoms with E-state index in [4.69, 9.17) is 0 Å². The van der Waals surface area contributed by atoms with Gasteiger partial charge in [-0.3, -0.25) is 9.59 Å². The molecule has 2 aromatic carbocycles. The Bertz CT molecular complexity index is 1550. The summed E-state index contributed by atoms with van der Waals surface area (Å²) in [6.07, 6.45) is 3.76. The number of nitrogens with one attached hydrogen (secondary N) is 2. The highest BCUT2D eigenvalue weighted by molar-refractivity contribution is 8.02. The van der Waals surface area contributed by atoms with Crippen molar-refractivity contribution in [3.8, 4) is 11.1 Å². The van der Waals surface area contributed by atoms with Gasteiger partial charge >= 0.3 is 0 Å². The van der Waals surface area contributed by atoms with Crippen LogP contribution in [-0.4, -0.2) is 63.0 Å². The van der Waals surface area contributed by atoms with Gasteiger partial charge in [0.1, 0.15) is 0 Å². The van der Waals surface area contributed by atoms with E-state index >= 15 is 0 Å². The number of amides is 2. The van der Waals surface area contributed by atoms with Crippen LogP contribution < -0.4 is 10.6 Å². The van der Waals surface area contributed by atoms with Crippen molar-refractivity contribution in [1.29, 1.82) is 0 Å². The molecule has 10 nitrogen and oxygen atoms in total. The van der Waals surface area contributed by atoms with Crippen LogP contribution in [0.15, 0.2) is 65.2 Å². The minimum atomic E-state index is -3.84. The average Bonchev–Trinajstić information content (AvgIpc) is 3.64. The fraction of sp³-hybridized carbons (Fsp3) is 0.182. The maximum absolute atomic E-state index is 13.4. The molecule has 0 atom stereocenters. The van der Waals surface area contributed by atoms with Gasteiger partial charge in [-0.2, -0.15) is 8.75 Å². The van der Waals surface area contributed by atoms with Crippen LogP contribution in [0.2, 0.25) is 0 Å². The van der Waals surface area contributed by atoms with Crippen molar-refractivity contribution in [2.24, 2.45) is 0 Å². The van der Waals surface area contributed by atoms with E-state index in [0.29, 0.717) is 41.5 Å². The summed E-state index contributed by atoms with van der Waals surface area (Å²) in [7, 11) is -3.84. The lowest BCUT2D eigenvalue weighted by Crippen LogP contribution is -2.14. The molecule has 0 fully saturated rings. The van der Waals surface area contributed by atoms with Crippen LogP contribution in [0.4, 0.5) is 11.4 Å². The van der Waals surface area contributed by atoms with E-state index in [9.17, 15) is 18.0 Å². The van der Waals surface area contributed by atoms with Crippen LogP contribution in [0.25, 0.3) is 11.1 Å². The molecular formula is C22H18N6O4S7. The van der Waals surface area contributed by atoms with Gasteiger partial charge in [-0.15, -0.1) is 0 Å². The molecule has 0 spiro atoms. The maximum Gasteiger partial charge on any atom is 0.234 e. The Balaban J connectivity index is 1.24. The topological polar surface area (TPSA) is 144 Å². The monoisotopic (exact) mass is 654 g/mol. The van der Waals surface area contributed by atoms with E-state index < -0.39 is 9.84 Å². The van der Waals surface area contributed by atoms with E-state index in [2.05, 4.69) is 29.3 Å². The first-order valence-corrected chi connectivity index (χ1v) is 18.4. The zero-order chi connectivity index (χ0) is 27.6. The summed E-state index contributed by atoms with van der Waals surface area (Å²) in [5, 5.41) is 6.83. The van der Waals surface area contributed by atoms with E-state index in [-0.39, 0.29) is 33.1 Å². The number of aromatic nitrogens is 4. The first kappa shape index (κ1) is 28.4. The van der Waals surface area contributed by atoms with Crippen LogP contribution in [0.3, 0.4) is 0 Å². The van der Waals surface area contributed by atoms with Crippen molar-refractivity contribution in [3.05, 3.63) is 36.4 Å². The maximum atomic E-state index is 13.4. The predicted molar refractivity (Wildman–Crippen MR) is 159 cm³/mol. The second-order valence-electron chi connectivity index (χ2n) is 7.69. The highest BCUT2D eigenvalue weighted by Crippen LogP contribution is 2.45. The van der Waals surface area contributed by atoms with Gasteiger partial charge in [0, 0.05) is 22.5 Å². The van der Waals surface area contributed by atoms with Crippen molar-refractivity contribution < 1.29 is 18.0 Å². The van der Waals surface area contributed by atoms with Gasteiger partial charge in [-0.05, 0) is 59.8 Å². The molecule has 1 aliphatic rings. The molecule has 202 valence electrons. The number of carbonyl (C=O) groups is 2. The van der Waals surface area contributed by atoms with Crippen molar-refractivity contribution in [1.82, 2.24) is 18.7 Å². The predicted octanol–water partition coefficient (Wildman–Crippen LogP) is 5.11. The molecule has 4 aromatic rings. The molecule has 2 amide bonds. The quantitative estimate of drug-likeness (QED) is 0.193. The lowest BCUT2D eigenvalue weighted by Gasteiger charge is -2.07. The Hall–Kier alpha value is -2.15. The summed E-state index contributed by atoms with van der Waals surface area (Å²) in [4.78, 5) is 33.7. The number of nitrogens with zero attached hydrogens (tertiary/aromatic N) is 4. The molecule has 3 heterocycles. The van der Waals surface area contributed by atoms with Crippen LogP contribution in [0.1, 0.15) is 0 Å². The molecule has 0 aliphatic carbocycles. The third-order valence-electron chi connectivity index (χ3n) is 5.20. The van der Waals surface area contributed by atoms with E-state index in [1.165, 1.54) is 82.2 Å². The summed E-state index contributed by atoms with van der Waals surface area (Å²) >= 11 is 7.85. The summed E-state index contributed by atoms with van der Waals surface area (Å²) in [6, 6.07) is 9.62. The minimum absolute atomic E-state index is 0.108. The van der Waals surface area contributed by atoms with Gasteiger partial charge in [0.15, 0.2) is 8.68 Å². The molecule has 0 bridgehead atoms. The minimum Gasteiger partial charge on any atom is -0.325 e. The zero-order valence-corrected chi connectivity index (χ0v) is 25.9. The Morgan fingerprint density at radius 1 is 0.769 bits per heavy atom. The third-order valence-corrected chi connectivity index (χ3v) is 12.0. The first-order valence-electron chi connectivity index (χ1n) is 10.9. The van der Waals surface area contributed by atoms with Crippen LogP contribution in [0.5, 0.6) is 0 Å². The number of hydrogen-bond donors (Lipinski definition) is 2. The molecule has 0 saturated heterocycles. The van der Waals surface area contributed by atoms with Crippen molar-refractivity contribution in [2.75, 3.05) is 34.7 Å². The van der Waals surface area contributed by atoms with E-state index in [1.54, 1.807) is 24.3 Å². The van der Waals surface area contributed by atoms with E-state index in [0.717, 1.165) is 0 Å². The molecule has 2 aromatic heterocycles. The normalized spacial score (nSPS) is 13.1. The highest BCUT2D eigenvalue weighted by atomic mass is 32.2. The summed E-state index contributed by atoms with van der Waals surface area (Å²) in [5.41, 5.74) is 1.85. The number of hydrogen-bond acceptors (Lipinski definition) is 14. The van der Waals surface area contributed by atoms with Crippen molar-refractivity contribution in [3.63, 3.8) is 0 Å². The second-order valence-corrected chi connectivity index (χ2v) is 15.1. The molecule has 0 radical (unpaired) electrons. The van der Waals surface area contributed by atoms with Gasteiger partial charge in [0.25, 0.3) is 0 Å². The van der Waals surface area contributed by atoms with Crippen molar-refractivity contribution >= 4 is 103 Å². The molecule has 1 aliphatic heterocycles. The number of carbonyl (C=O) groups excluding carboxylic acids is 2. The summed E-state index contributed by atoms with van der Waals surface area (Å²) in [5.74, 6) is -0.331. The largest absolute Gasteiger partial charge is 0.325 e. The fourth-order valence-electron chi connectivity index (χ4n) is 3.53. The Labute approximate surface area is 249 Å². The number of fused-ring (bicyclic) bond motifs is 3. The molecule has 39 heavy (non-hydrogen) atoms. The van der Waals surface area contributed by atoms with Gasteiger partial charge < -0.3 is 10.6 Å². The summed E-state index contributed by atoms with van der Waals surface area (Å²) < 4.78 is 36.4. The standard InChI is InChI=1S/C22H18N6O4S7/c1-33-19-25-21(37-27-19)35-9-17(29)23-11-3-5-13-14-6-4-12(8-16(14)39(31,32)15(13)7-11)24-18(30)10-36-22-26-20(34-2)28-38-22/h3-8H,9-10H2,1-2H3,(H,23,29)(H,24,30). The molecule has 17 heteroatoms. The van der Waals surface area contributed by atoms with Gasteiger partial charge in [-0.1, -0.05) is 59.2 Å². The molecule has 5 rings (SSSR count). The SMILES string of the molecule is CSc1nsc(SCC(=O)Nc2ccc3c(c2)S(=O)(=O)c2cc(NC(=O)CSc4nc(SC)ns4)ccc2-3)n1. The van der Waals surface area contributed by atoms with E-state index in [1.807, 2.05) is 12.5 Å². The second kappa shape index (κ2) is 12.2. The third kappa shape index (κ3) is 6.44. The number of anilines is 2. The van der Waals surface area contributed by atoms with Gasteiger partial charge in [0.2, 0.25) is 32.0 Å². The molecule has 0 unspecified atom stereocenters. The molecular weight excluding hydrogens is 637 g/mol. The first-order chi connectivity index (χ1) is 18.8. The van der Waals surface area contributed by atoms with Crippen LogP contribution in [-0.2, 0) is 19.4 Å². The Morgan fingerprint density at radius 3 is 1.59 bits per heavy atom. The number of rotatable bonds is 10. The molecule has 0 saturated carbocycles. The zero-order valence-electron chi connectivity index (χ0n) is 20.2. The number of thioether (sulfide) groups is 4. The van der Waals surface area contributed by atoms with Gasteiger partial charge in [0.05, 0.1) is 21.3 Å². The van der Waals surface area contributed by atoms with Crippen molar-refractivity contribution in [2.45, 2.75) is 28.8 Å². The Kier molecular flexibility index (Phi) is 8.85. The highest BCUT2D eigenvalue weighted by Gasteiger charge is 2.33. The fourth-order valence-corrected chi connectivity index (χ4v) is 9.29. The summed E-state index contributed by atoms with van der Waals surface area (Å²) in [6.45, 7) is 0. The average molecular weight is 655 g/mol.